The summed E-state index contributed by atoms with van der Waals surface area (Å²) < 4.78 is 28.2. The third-order valence-corrected chi connectivity index (χ3v) is 6.59. The minimum absolute atomic E-state index is 0.0402. The zero-order chi connectivity index (χ0) is 26.1. The molecule has 1 saturated heterocycles. The predicted molar refractivity (Wildman–Crippen MR) is 138 cm³/mol. The number of anilines is 1. The van der Waals surface area contributed by atoms with Crippen molar-refractivity contribution in [3.63, 3.8) is 0 Å². The van der Waals surface area contributed by atoms with Crippen molar-refractivity contribution in [3.8, 4) is 11.1 Å². The smallest absolute Gasteiger partial charge is 0.269 e. The zero-order valence-electron chi connectivity index (χ0n) is 20.5. The summed E-state index contributed by atoms with van der Waals surface area (Å²) in [5, 5.41) is 2.44. The van der Waals surface area contributed by atoms with Gasteiger partial charge in [0.25, 0.3) is 11.5 Å². The van der Waals surface area contributed by atoms with Crippen molar-refractivity contribution >= 4 is 22.6 Å². The molecule has 2 N–H and O–H groups in total. The molecule has 0 bridgehead atoms. The van der Waals surface area contributed by atoms with Gasteiger partial charge in [0, 0.05) is 45.3 Å². The van der Waals surface area contributed by atoms with Crippen molar-refractivity contribution in [3.05, 3.63) is 87.6 Å². The third-order valence-electron chi connectivity index (χ3n) is 6.59. The number of hydrogen-bond acceptors (Lipinski definition) is 6. The summed E-state index contributed by atoms with van der Waals surface area (Å²) >= 11 is 0. The van der Waals surface area contributed by atoms with E-state index in [2.05, 4.69) is 25.2 Å². The number of fused-ring (bicyclic) bond motifs is 1. The summed E-state index contributed by atoms with van der Waals surface area (Å²) in [4.78, 5) is 39.4. The van der Waals surface area contributed by atoms with Crippen LogP contribution in [0, 0.1) is 18.7 Å². The number of piperazine rings is 1. The molecular weight excluding hydrogens is 478 g/mol. The first-order valence-electron chi connectivity index (χ1n) is 12.0. The van der Waals surface area contributed by atoms with Gasteiger partial charge in [0.15, 0.2) is 0 Å². The second kappa shape index (κ2) is 10.1. The normalized spacial score (nSPS) is 14.2. The van der Waals surface area contributed by atoms with Gasteiger partial charge in [-0.1, -0.05) is 12.1 Å². The summed E-state index contributed by atoms with van der Waals surface area (Å²) in [5.74, 6) is -1.42. The van der Waals surface area contributed by atoms with E-state index in [9.17, 15) is 18.4 Å². The molecular formula is C27H26F2N6O2. The Morgan fingerprint density at radius 1 is 1.03 bits per heavy atom. The standard InChI is InChI=1S/C27H26F2N6O2/c1-16-26(36)33-22-14-17(13-20(24(22)31-16)18-3-5-19(28)6-4-18)15-34-9-11-35(12-10-34)23-8-7-21(27(37)30-2)32-25(23)29/h3-8,13-14H,9-12,15H2,1-2H3,(H,30,37)(H,33,36). The summed E-state index contributed by atoms with van der Waals surface area (Å²) in [6.45, 7) is 4.82. The maximum atomic E-state index is 14.6. The number of rotatable bonds is 5. The number of nitrogens with one attached hydrogen (secondary N) is 2. The van der Waals surface area contributed by atoms with E-state index in [0.717, 1.165) is 16.7 Å². The van der Waals surface area contributed by atoms with Crippen LogP contribution < -0.4 is 15.8 Å². The van der Waals surface area contributed by atoms with Gasteiger partial charge < -0.3 is 15.2 Å². The van der Waals surface area contributed by atoms with Crippen molar-refractivity contribution in [2.24, 2.45) is 0 Å². The van der Waals surface area contributed by atoms with E-state index in [1.54, 1.807) is 25.1 Å². The van der Waals surface area contributed by atoms with Gasteiger partial charge in [-0.15, -0.1) is 0 Å². The second-order valence-corrected chi connectivity index (χ2v) is 9.05. The Hall–Kier alpha value is -4.18. The molecule has 1 fully saturated rings. The molecule has 4 aromatic rings. The van der Waals surface area contributed by atoms with Crippen LogP contribution in [0.25, 0.3) is 22.2 Å². The first-order chi connectivity index (χ1) is 17.8. The van der Waals surface area contributed by atoms with Crippen LogP contribution in [0.5, 0.6) is 0 Å². The minimum atomic E-state index is -0.667. The molecule has 10 heteroatoms. The van der Waals surface area contributed by atoms with E-state index in [1.165, 1.54) is 25.2 Å². The van der Waals surface area contributed by atoms with Crippen molar-refractivity contribution < 1.29 is 13.6 Å². The molecule has 0 unspecified atom stereocenters. The molecule has 0 spiro atoms. The fraction of sp³-hybridized carbons (Fsp3) is 0.259. The number of pyridine rings is 1. The number of nitrogens with zero attached hydrogens (tertiary/aromatic N) is 4. The van der Waals surface area contributed by atoms with E-state index in [4.69, 9.17) is 0 Å². The largest absolute Gasteiger partial charge is 0.365 e. The first kappa shape index (κ1) is 24.5. The van der Waals surface area contributed by atoms with Gasteiger partial charge in [-0.05, 0) is 54.4 Å². The number of carbonyl (C=O) groups excluding carboxylic acids is 1. The van der Waals surface area contributed by atoms with Gasteiger partial charge in [-0.3, -0.25) is 14.5 Å². The lowest BCUT2D eigenvalue weighted by molar-refractivity contribution is 0.0957. The number of halogens is 2. The Morgan fingerprint density at radius 2 is 1.76 bits per heavy atom. The predicted octanol–water partition coefficient (Wildman–Crippen LogP) is 3.25. The van der Waals surface area contributed by atoms with E-state index in [-0.39, 0.29) is 17.1 Å². The van der Waals surface area contributed by atoms with Crippen LogP contribution in [0.15, 0.2) is 53.3 Å². The highest BCUT2D eigenvalue weighted by atomic mass is 19.1. The SMILES string of the molecule is CNC(=O)c1ccc(N2CCN(Cc3cc(-c4ccc(F)cc4)c4nc(C)c(=O)[nH]c4c3)CC2)c(F)n1. The molecule has 0 aliphatic carbocycles. The number of aryl methyl sites for hydroxylation is 1. The molecule has 37 heavy (non-hydrogen) atoms. The van der Waals surface area contributed by atoms with Crippen LogP contribution >= 0.6 is 0 Å². The molecule has 0 atom stereocenters. The van der Waals surface area contributed by atoms with Crippen LogP contribution in [0.1, 0.15) is 21.7 Å². The number of benzene rings is 2. The molecule has 1 amide bonds. The number of H-pyrrole nitrogens is 1. The van der Waals surface area contributed by atoms with Crippen LogP contribution in [0.3, 0.4) is 0 Å². The maximum Gasteiger partial charge on any atom is 0.269 e. The van der Waals surface area contributed by atoms with E-state index in [1.807, 2.05) is 17.0 Å². The average molecular weight is 505 g/mol. The molecule has 2 aromatic heterocycles. The van der Waals surface area contributed by atoms with Crippen molar-refractivity contribution in [1.82, 2.24) is 25.2 Å². The molecule has 1 aliphatic rings. The zero-order valence-corrected chi connectivity index (χ0v) is 20.5. The monoisotopic (exact) mass is 504 g/mol. The average Bonchev–Trinajstić information content (AvgIpc) is 2.90. The fourth-order valence-corrected chi connectivity index (χ4v) is 4.60. The highest BCUT2D eigenvalue weighted by Crippen LogP contribution is 2.29. The summed E-state index contributed by atoms with van der Waals surface area (Å²) in [5.41, 5.74) is 4.40. The van der Waals surface area contributed by atoms with Gasteiger partial charge in [0.2, 0.25) is 5.95 Å². The quantitative estimate of drug-likeness (QED) is 0.406. The summed E-state index contributed by atoms with van der Waals surface area (Å²) in [6.07, 6.45) is 0. The molecule has 190 valence electrons. The third kappa shape index (κ3) is 5.05. The van der Waals surface area contributed by atoms with Gasteiger partial charge in [-0.25, -0.2) is 14.4 Å². The summed E-state index contributed by atoms with van der Waals surface area (Å²) in [7, 11) is 1.47. The minimum Gasteiger partial charge on any atom is -0.365 e. The van der Waals surface area contributed by atoms with Crippen molar-refractivity contribution in [1.29, 1.82) is 0 Å². The number of amides is 1. The molecule has 0 radical (unpaired) electrons. The Bertz CT molecular complexity index is 1530. The molecule has 1 aliphatic heterocycles. The number of aromatic nitrogens is 3. The van der Waals surface area contributed by atoms with Crippen molar-refractivity contribution in [2.75, 3.05) is 38.1 Å². The molecule has 0 saturated carbocycles. The molecule has 2 aromatic carbocycles. The van der Waals surface area contributed by atoms with Crippen LogP contribution in [-0.2, 0) is 6.54 Å². The fourth-order valence-electron chi connectivity index (χ4n) is 4.60. The number of aromatic amines is 1. The summed E-state index contributed by atoms with van der Waals surface area (Å²) in [6, 6.07) is 13.3. The highest BCUT2D eigenvalue weighted by Gasteiger charge is 2.22. The van der Waals surface area contributed by atoms with Gasteiger partial charge in [0.1, 0.15) is 17.2 Å². The van der Waals surface area contributed by atoms with E-state index >= 15 is 0 Å². The van der Waals surface area contributed by atoms with Crippen LogP contribution in [0.4, 0.5) is 14.5 Å². The molecule has 8 nitrogen and oxygen atoms in total. The van der Waals surface area contributed by atoms with E-state index in [0.29, 0.717) is 55.1 Å². The Balaban J connectivity index is 1.37. The maximum absolute atomic E-state index is 14.6. The lowest BCUT2D eigenvalue weighted by atomic mass is 10.00. The first-order valence-corrected chi connectivity index (χ1v) is 12.0. The van der Waals surface area contributed by atoms with Gasteiger partial charge in [-0.2, -0.15) is 4.39 Å². The molecule has 5 rings (SSSR count). The van der Waals surface area contributed by atoms with Gasteiger partial charge in [0.05, 0.1) is 16.7 Å². The van der Waals surface area contributed by atoms with Gasteiger partial charge >= 0.3 is 0 Å². The highest BCUT2D eigenvalue weighted by molar-refractivity contribution is 5.93. The lowest BCUT2D eigenvalue weighted by Gasteiger charge is -2.36. The van der Waals surface area contributed by atoms with Crippen LogP contribution in [0.2, 0.25) is 0 Å². The Morgan fingerprint density at radius 3 is 2.43 bits per heavy atom. The lowest BCUT2D eigenvalue weighted by Crippen LogP contribution is -2.46. The van der Waals surface area contributed by atoms with Crippen molar-refractivity contribution in [2.45, 2.75) is 13.5 Å². The van der Waals surface area contributed by atoms with Crippen LogP contribution in [-0.4, -0.2) is 59.0 Å². The Kier molecular flexibility index (Phi) is 6.66. The van der Waals surface area contributed by atoms with E-state index < -0.39 is 11.9 Å². The second-order valence-electron chi connectivity index (χ2n) is 9.05. The number of hydrogen-bond donors (Lipinski definition) is 2. The molecule has 3 heterocycles. The topological polar surface area (TPSA) is 94.2 Å². The number of carbonyl (C=O) groups is 1. The Labute approximate surface area is 212 Å².